The summed E-state index contributed by atoms with van der Waals surface area (Å²) in [5, 5.41) is 12.9. The van der Waals surface area contributed by atoms with Crippen LogP contribution in [0.3, 0.4) is 0 Å². The lowest BCUT2D eigenvalue weighted by Crippen LogP contribution is -2.39. The third kappa shape index (κ3) is 3.13. The molecule has 2 aromatic carbocycles. The minimum atomic E-state index is -0.346. The Bertz CT molecular complexity index is 566. The van der Waals surface area contributed by atoms with Gasteiger partial charge in [0.25, 0.3) is 0 Å². The third-order valence-electron chi connectivity index (χ3n) is 3.88. The normalized spacial score (nSPS) is 13.4. The first-order valence-electron chi connectivity index (χ1n) is 7.34. The largest absolute Gasteiger partial charge is 0.391 e. The summed E-state index contributed by atoms with van der Waals surface area (Å²) in [6, 6.07) is 14.8. The van der Waals surface area contributed by atoms with Crippen LogP contribution in [0.25, 0.3) is 10.8 Å². The van der Waals surface area contributed by atoms with E-state index in [0.717, 1.165) is 6.54 Å². The van der Waals surface area contributed by atoms with Crippen LogP contribution in [0, 0.1) is 5.41 Å². The molecule has 20 heavy (non-hydrogen) atoms. The molecule has 1 N–H and O–H groups in total. The van der Waals surface area contributed by atoms with Gasteiger partial charge in [0, 0.05) is 24.2 Å². The third-order valence-corrected chi connectivity index (χ3v) is 3.88. The average molecular weight is 271 g/mol. The second kappa shape index (κ2) is 5.84. The van der Waals surface area contributed by atoms with E-state index in [9.17, 15) is 5.11 Å². The van der Waals surface area contributed by atoms with Gasteiger partial charge in [-0.15, -0.1) is 0 Å². The molecule has 0 aromatic heterocycles. The summed E-state index contributed by atoms with van der Waals surface area (Å²) < 4.78 is 0. The van der Waals surface area contributed by atoms with Gasteiger partial charge in [-0.2, -0.15) is 0 Å². The van der Waals surface area contributed by atoms with Crippen LogP contribution in [0.1, 0.15) is 27.7 Å². The quantitative estimate of drug-likeness (QED) is 0.906. The van der Waals surface area contributed by atoms with Crippen LogP contribution >= 0.6 is 0 Å². The molecule has 2 heteroatoms. The molecule has 0 saturated carbocycles. The number of hydrogen-bond donors (Lipinski definition) is 1. The van der Waals surface area contributed by atoms with Gasteiger partial charge in [-0.1, -0.05) is 57.2 Å². The number of hydrogen-bond acceptors (Lipinski definition) is 2. The SMILES string of the molecule is CCN(CC(O)C(C)(C)C)c1cccc2ccccc12. The van der Waals surface area contributed by atoms with E-state index in [1.54, 1.807) is 0 Å². The predicted molar refractivity (Wildman–Crippen MR) is 87.3 cm³/mol. The topological polar surface area (TPSA) is 23.5 Å². The molecule has 0 spiro atoms. The number of anilines is 1. The van der Waals surface area contributed by atoms with E-state index >= 15 is 0 Å². The van der Waals surface area contributed by atoms with E-state index in [-0.39, 0.29) is 11.5 Å². The highest BCUT2D eigenvalue weighted by Gasteiger charge is 2.24. The molecule has 2 aromatic rings. The minimum Gasteiger partial charge on any atom is -0.391 e. The fraction of sp³-hybridized carbons (Fsp3) is 0.444. The van der Waals surface area contributed by atoms with Gasteiger partial charge in [-0.25, -0.2) is 0 Å². The van der Waals surface area contributed by atoms with Crippen molar-refractivity contribution < 1.29 is 5.11 Å². The first-order chi connectivity index (χ1) is 9.43. The number of nitrogens with zero attached hydrogens (tertiary/aromatic N) is 1. The fourth-order valence-corrected chi connectivity index (χ4v) is 2.36. The van der Waals surface area contributed by atoms with Crippen LogP contribution in [0.4, 0.5) is 5.69 Å². The van der Waals surface area contributed by atoms with Crippen LogP contribution in [-0.2, 0) is 0 Å². The highest BCUT2D eigenvalue weighted by molar-refractivity contribution is 5.94. The molecule has 2 rings (SSSR count). The standard InChI is InChI=1S/C18H25NO/c1-5-19(13-17(20)18(2,3)4)16-12-8-10-14-9-6-7-11-15(14)16/h6-12,17,20H,5,13H2,1-4H3. The molecule has 0 aliphatic heterocycles. The molecule has 0 fully saturated rings. The fourth-order valence-electron chi connectivity index (χ4n) is 2.36. The molecular formula is C18H25NO. The van der Waals surface area contributed by atoms with Gasteiger partial charge in [0.1, 0.15) is 0 Å². The summed E-state index contributed by atoms with van der Waals surface area (Å²) in [7, 11) is 0. The van der Waals surface area contributed by atoms with E-state index in [4.69, 9.17) is 0 Å². The highest BCUT2D eigenvalue weighted by Crippen LogP contribution is 2.28. The maximum Gasteiger partial charge on any atom is 0.0763 e. The van der Waals surface area contributed by atoms with Crippen LogP contribution < -0.4 is 4.90 Å². The zero-order valence-electron chi connectivity index (χ0n) is 12.9. The molecule has 108 valence electrons. The molecule has 2 nitrogen and oxygen atoms in total. The van der Waals surface area contributed by atoms with Crippen molar-refractivity contribution in [3.63, 3.8) is 0 Å². The Kier molecular flexibility index (Phi) is 4.34. The Labute approximate surface area is 122 Å². The number of aliphatic hydroxyl groups is 1. The van der Waals surface area contributed by atoms with Gasteiger partial charge in [-0.3, -0.25) is 0 Å². The van der Waals surface area contributed by atoms with E-state index < -0.39 is 0 Å². The van der Waals surface area contributed by atoms with Crippen molar-refractivity contribution in [3.05, 3.63) is 42.5 Å². The second-order valence-electron chi connectivity index (χ2n) is 6.42. The number of benzene rings is 2. The molecular weight excluding hydrogens is 246 g/mol. The highest BCUT2D eigenvalue weighted by atomic mass is 16.3. The number of aliphatic hydroxyl groups excluding tert-OH is 1. The predicted octanol–water partition coefficient (Wildman–Crippen LogP) is 4.07. The van der Waals surface area contributed by atoms with Crippen molar-refractivity contribution in [2.45, 2.75) is 33.8 Å². The van der Waals surface area contributed by atoms with Gasteiger partial charge < -0.3 is 10.0 Å². The van der Waals surface area contributed by atoms with Crippen LogP contribution in [0.2, 0.25) is 0 Å². The average Bonchev–Trinajstić information content (AvgIpc) is 2.43. The van der Waals surface area contributed by atoms with Crippen molar-refractivity contribution >= 4 is 16.5 Å². The summed E-state index contributed by atoms with van der Waals surface area (Å²) in [6.45, 7) is 9.92. The van der Waals surface area contributed by atoms with Crippen LogP contribution in [0.5, 0.6) is 0 Å². The van der Waals surface area contributed by atoms with Crippen LogP contribution in [0.15, 0.2) is 42.5 Å². The number of likely N-dealkylation sites (N-methyl/N-ethyl adjacent to an activating group) is 1. The van der Waals surface area contributed by atoms with Crippen molar-refractivity contribution in [2.75, 3.05) is 18.0 Å². The van der Waals surface area contributed by atoms with Gasteiger partial charge >= 0.3 is 0 Å². The summed E-state index contributed by atoms with van der Waals surface area (Å²) in [4.78, 5) is 2.26. The molecule has 0 aliphatic rings. The molecule has 0 radical (unpaired) electrons. The molecule has 0 heterocycles. The van der Waals surface area contributed by atoms with Gasteiger partial charge in [0.05, 0.1) is 6.10 Å². The van der Waals surface area contributed by atoms with Crippen molar-refractivity contribution in [2.24, 2.45) is 5.41 Å². The number of fused-ring (bicyclic) bond motifs is 1. The van der Waals surface area contributed by atoms with Crippen molar-refractivity contribution in [1.29, 1.82) is 0 Å². The Hall–Kier alpha value is -1.54. The van der Waals surface area contributed by atoms with Crippen molar-refractivity contribution in [1.82, 2.24) is 0 Å². The van der Waals surface area contributed by atoms with Gasteiger partial charge in [-0.05, 0) is 23.8 Å². The summed E-state index contributed by atoms with van der Waals surface area (Å²) >= 11 is 0. The first kappa shape index (κ1) is 14.9. The molecule has 1 atom stereocenters. The number of rotatable bonds is 4. The van der Waals surface area contributed by atoms with E-state index in [0.29, 0.717) is 6.54 Å². The van der Waals surface area contributed by atoms with Gasteiger partial charge in [0.15, 0.2) is 0 Å². The summed E-state index contributed by atoms with van der Waals surface area (Å²) in [5.41, 5.74) is 1.10. The molecule has 1 unspecified atom stereocenters. The van der Waals surface area contributed by atoms with E-state index in [2.05, 4.69) is 75.1 Å². The minimum absolute atomic E-state index is 0.0992. The maximum absolute atomic E-state index is 10.4. The van der Waals surface area contributed by atoms with Crippen LogP contribution in [-0.4, -0.2) is 24.3 Å². The summed E-state index contributed by atoms with van der Waals surface area (Å²) in [6.07, 6.45) is -0.346. The van der Waals surface area contributed by atoms with E-state index in [1.807, 2.05) is 0 Å². The lowest BCUT2D eigenvalue weighted by atomic mass is 9.88. The maximum atomic E-state index is 10.4. The molecule has 0 bridgehead atoms. The Morgan fingerprint density at radius 2 is 1.70 bits per heavy atom. The lowest BCUT2D eigenvalue weighted by molar-refractivity contribution is 0.0692. The zero-order valence-corrected chi connectivity index (χ0v) is 12.9. The second-order valence-corrected chi connectivity index (χ2v) is 6.42. The lowest BCUT2D eigenvalue weighted by Gasteiger charge is -2.33. The summed E-state index contributed by atoms with van der Waals surface area (Å²) in [5.74, 6) is 0. The first-order valence-corrected chi connectivity index (χ1v) is 7.34. The molecule has 0 aliphatic carbocycles. The van der Waals surface area contributed by atoms with E-state index in [1.165, 1.54) is 16.5 Å². The van der Waals surface area contributed by atoms with Crippen molar-refractivity contribution in [3.8, 4) is 0 Å². The van der Waals surface area contributed by atoms with Gasteiger partial charge in [0.2, 0.25) is 0 Å². The Morgan fingerprint density at radius 1 is 1.05 bits per heavy atom. The molecule has 0 saturated heterocycles. The smallest absolute Gasteiger partial charge is 0.0763 e. The zero-order chi connectivity index (χ0) is 14.8. The Balaban J connectivity index is 2.35. The Morgan fingerprint density at radius 3 is 2.35 bits per heavy atom. The monoisotopic (exact) mass is 271 g/mol. The molecule has 0 amide bonds.